The molecule has 6 heteroatoms. The molecule has 1 heterocycles. The topological polar surface area (TPSA) is 57.6 Å². The Kier molecular flexibility index (Phi) is 4.57. The average molecular weight is 345 g/mol. The molecule has 1 aliphatic heterocycles. The molecule has 1 fully saturated rings. The highest BCUT2D eigenvalue weighted by Gasteiger charge is 2.42. The van der Waals surface area contributed by atoms with E-state index >= 15 is 0 Å². The van der Waals surface area contributed by atoms with Crippen LogP contribution in [-0.4, -0.2) is 33.7 Å². The average Bonchev–Trinajstić information content (AvgIpc) is 3.01. The Labute approximate surface area is 143 Å². The second kappa shape index (κ2) is 6.65. The van der Waals surface area contributed by atoms with Crippen LogP contribution in [0.5, 0.6) is 0 Å². The molecule has 124 valence electrons. The molecule has 0 radical (unpaired) electrons. The molecule has 0 bridgehead atoms. The zero-order valence-corrected chi connectivity index (χ0v) is 13.8. The number of hydrogen-bond acceptors (Lipinski definition) is 3. The maximum absolute atomic E-state index is 13.1. The van der Waals surface area contributed by atoms with Gasteiger partial charge in [0.05, 0.1) is 0 Å². The normalized spacial score (nSPS) is 20.2. The lowest BCUT2D eigenvalue weighted by atomic mass is 10.1. The van der Waals surface area contributed by atoms with E-state index in [2.05, 4.69) is 0 Å². The third kappa shape index (κ3) is 3.14. The number of rotatable bonds is 3. The quantitative estimate of drug-likeness (QED) is 0.925. The highest BCUT2D eigenvalue weighted by molar-refractivity contribution is 7.99. The van der Waals surface area contributed by atoms with E-state index in [9.17, 15) is 19.1 Å². The summed E-state index contributed by atoms with van der Waals surface area (Å²) in [5.74, 6) is -1.56. The van der Waals surface area contributed by atoms with Crippen molar-refractivity contribution in [1.82, 2.24) is 4.90 Å². The van der Waals surface area contributed by atoms with Crippen LogP contribution in [0.4, 0.5) is 4.39 Å². The predicted molar refractivity (Wildman–Crippen MR) is 90.4 cm³/mol. The Morgan fingerprint density at radius 3 is 2.33 bits per heavy atom. The number of hydrogen-bond donors (Lipinski definition) is 1. The van der Waals surface area contributed by atoms with Crippen LogP contribution in [0.2, 0.25) is 0 Å². The summed E-state index contributed by atoms with van der Waals surface area (Å²) in [5.41, 5.74) is 2.25. The first-order chi connectivity index (χ1) is 11.5. The SMILES string of the molecule is Cc1ccc([C@@H]2SC[C@@H](C(=O)O)N2C(=O)c2ccc(F)cc2)cc1. The Bertz CT molecular complexity index is 761. The summed E-state index contributed by atoms with van der Waals surface area (Å²) in [7, 11) is 0. The van der Waals surface area contributed by atoms with Crippen LogP contribution in [0.3, 0.4) is 0 Å². The first-order valence-electron chi connectivity index (χ1n) is 7.46. The molecule has 0 saturated carbocycles. The van der Waals surface area contributed by atoms with E-state index in [1.807, 2.05) is 31.2 Å². The molecule has 3 rings (SSSR count). The number of benzene rings is 2. The maximum Gasteiger partial charge on any atom is 0.327 e. The van der Waals surface area contributed by atoms with Gasteiger partial charge in [-0.25, -0.2) is 9.18 Å². The highest BCUT2D eigenvalue weighted by Crippen LogP contribution is 2.42. The number of nitrogens with zero attached hydrogens (tertiary/aromatic N) is 1. The van der Waals surface area contributed by atoms with Gasteiger partial charge in [-0.3, -0.25) is 4.79 Å². The third-order valence-corrected chi connectivity index (χ3v) is 5.30. The van der Waals surface area contributed by atoms with Gasteiger partial charge in [-0.05, 0) is 36.8 Å². The first kappa shape index (κ1) is 16.5. The number of carbonyl (C=O) groups is 2. The summed E-state index contributed by atoms with van der Waals surface area (Å²) in [4.78, 5) is 25.8. The molecule has 1 saturated heterocycles. The maximum atomic E-state index is 13.1. The molecular weight excluding hydrogens is 329 g/mol. The second-order valence-corrected chi connectivity index (χ2v) is 6.78. The van der Waals surface area contributed by atoms with Crippen molar-refractivity contribution < 1.29 is 19.1 Å². The molecule has 0 spiro atoms. The number of carboxylic acids is 1. The largest absolute Gasteiger partial charge is 0.480 e. The Balaban J connectivity index is 1.97. The van der Waals surface area contributed by atoms with Crippen molar-refractivity contribution in [1.29, 1.82) is 0 Å². The van der Waals surface area contributed by atoms with Gasteiger partial charge in [0.1, 0.15) is 17.2 Å². The van der Waals surface area contributed by atoms with Crippen LogP contribution in [0.25, 0.3) is 0 Å². The summed E-state index contributed by atoms with van der Waals surface area (Å²) < 4.78 is 13.1. The van der Waals surface area contributed by atoms with Gasteiger partial charge in [-0.2, -0.15) is 0 Å². The summed E-state index contributed by atoms with van der Waals surface area (Å²) in [6.07, 6.45) is 0. The van der Waals surface area contributed by atoms with Gasteiger partial charge >= 0.3 is 5.97 Å². The number of carbonyl (C=O) groups excluding carboxylic acids is 1. The monoisotopic (exact) mass is 345 g/mol. The number of aliphatic carboxylic acids is 1. The Hall–Kier alpha value is -2.34. The minimum absolute atomic E-state index is 0.280. The van der Waals surface area contributed by atoms with Gasteiger partial charge in [0.2, 0.25) is 0 Å². The fraction of sp³-hybridized carbons (Fsp3) is 0.222. The van der Waals surface area contributed by atoms with Crippen LogP contribution in [0, 0.1) is 12.7 Å². The summed E-state index contributed by atoms with van der Waals surface area (Å²) >= 11 is 1.42. The molecule has 2 aromatic rings. The number of aryl methyl sites for hydroxylation is 1. The summed E-state index contributed by atoms with van der Waals surface area (Å²) in [6.45, 7) is 1.97. The molecule has 1 amide bonds. The van der Waals surface area contributed by atoms with Crippen LogP contribution >= 0.6 is 11.8 Å². The van der Waals surface area contributed by atoms with E-state index in [4.69, 9.17) is 0 Å². The van der Waals surface area contributed by atoms with Gasteiger partial charge in [-0.1, -0.05) is 29.8 Å². The lowest BCUT2D eigenvalue weighted by molar-refractivity contribution is -0.141. The Morgan fingerprint density at radius 2 is 1.75 bits per heavy atom. The van der Waals surface area contributed by atoms with E-state index in [0.29, 0.717) is 5.75 Å². The minimum Gasteiger partial charge on any atom is -0.480 e. The first-order valence-corrected chi connectivity index (χ1v) is 8.51. The van der Waals surface area contributed by atoms with Crippen molar-refractivity contribution in [3.8, 4) is 0 Å². The lowest BCUT2D eigenvalue weighted by Gasteiger charge is -2.27. The zero-order valence-electron chi connectivity index (χ0n) is 13.0. The minimum atomic E-state index is -1.03. The van der Waals surface area contributed by atoms with Gasteiger partial charge in [0.25, 0.3) is 5.91 Å². The van der Waals surface area contributed by atoms with Crippen molar-refractivity contribution in [2.75, 3.05) is 5.75 Å². The molecule has 0 aliphatic carbocycles. The van der Waals surface area contributed by atoms with E-state index in [-0.39, 0.29) is 10.9 Å². The molecule has 4 nitrogen and oxygen atoms in total. The second-order valence-electron chi connectivity index (χ2n) is 5.67. The molecular formula is C18H16FNO3S. The van der Waals surface area contributed by atoms with Crippen LogP contribution < -0.4 is 0 Å². The number of halogens is 1. The molecule has 0 aromatic heterocycles. The number of amides is 1. The zero-order chi connectivity index (χ0) is 17.3. The Morgan fingerprint density at radius 1 is 1.12 bits per heavy atom. The lowest BCUT2D eigenvalue weighted by Crippen LogP contribution is -2.42. The molecule has 1 N–H and O–H groups in total. The van der Waals surface area contributed by atoms with Crippen molar-refractivity contribution in [3.05, 3.63) is 71.0 Å². The van der Waals surface area contributed by atoms with Crippen molar-refractivity contribution >= 4 is 23.6 Å². The van der Waals surface area contributed by atoms with E-state index in [0.717, 1.165) is 11.1 Å². The van der Waals surface area contributed by atoms with Crippen LogP contribution in [-0.2, 0) is 4.79 Å². The molecule has 1 aliphatic rings. The van der Waals surface area contributed by atoms with Crippen molar-refractivity contribution in [2.45, 2.75) is 18.3 Å². The number of thioether (sulfide) groups is 1. The van der Waals surface area contributed by atoms with Crippen molar-refractivity contribution in [3.63, 3.8) is 0 Å². The smallest absolute Gasteiger partial charge is 0.327 e. The van der Waals surface area contributed by atoms with Crippen molar-refractivity contribution in [2.24, 2.45) is 0 Å². The molecule has 2 atom stereocenters. The van der Waals surface area contributed by atoms with E-state index < -0.39 is 23.7 Å². The summed E-state index contributed by atoms with van der Waals surface area (Å²) in [6, 6.07) is 11.9. The van der Waals surface area contributed by atoms with Crippen LogP contribution in [0.1, 0.15) is 26.9 Å². The molecule has 0 unspecified atom stereocenters. The predicted octanol–water partition coefficient (Wildman–Crippen LogP) is 3.48. The standard InChI is InChI=1S/C18H16FNO3S/c1-11-2-4-13(5-3-11)17-20(15(10-24-17)18(22)23)16(21)12-6-8-14(19)9-7-12/h2-9,15,17H,10H2,1H3,(H,22,23)/t15-,17-/m0/s1. The number of carboxylic acid groups (broad SMARTS) is 1. The molecule has 2 aromatic carbocycles. The van der Waals surface area contributed by atoms with Gasteiger partial charge < -0.3 is 10.0 Å². The fourth-order valence-electron chi connectivity index (χ4n) is 2.67. The molecule has 24 heavy (non-hydrogen) atoms. The third-order valence-electron chi connectivity index (χ3n) is 3.97. The van der Waals surface area contributed by atoms with Gasteiger partial charge in [0, 0.05) is 11.3 Å². The van der Waals surface area contributed by atoms with E-state index in [1.165, 1.54) is 40.9 Å². The van der Waals surface area contributed by atoms with Crippen LogP contribution in [0.15, 0.2) is 48.5 Å². The van der Waals surface area contributed by atoms with Gasteiger partial charge in [-0.15, -0.1) is 11.8 Å². The van der Waals surface area contributed by atoms with Gasteiger partial charge in [0.15, 0.2) is 0 Å². The fourth-order valence-corrected chi connectivity index (χ4v) is 4.09. The summed E-state index contributed by atoms with van der Waals surface area (Å²) in [5, 5.41) is 9.09. The van der Waals surface area contributed by atoms with E-state index in [1.54, 1.807) is 0 Å². The highest BCUT2D eigenvalue weighted by atomic mass is 32.2.